The Labute approximate surface area is 222 Å². The Kier molecular flexibility index (Phi) is 10.8. The molecule has 2 saturated heterocycles. The Morgan fingerprint density at radius 1 is 1.06 bits per heavy atom. The van der Waals surface area contributed by atoms with Crippen molar-refractivity contribution in [2.24, 2.45) is 5.41 Å². The zero-order valence-corrected chi connectivity index (χ0v) is 22.5. The Morgan fingerprint density at radius 3 is 2.29 bits per heavy atom. The average molecular weight is 522 g/mol. The van der Waals surface area contributed by atoms with E-state index in [-0.39, 0.29) is 42.2 Å². The number of carbonyl (C=O) groups excluding carboxylic acids is 1. The van der Waals surface area contributed by atoms with Gasteiger partial charge in [-0.3, -0.25) is 4.90 Å². The number of hydrogen-bond acceptors (Lipinski definition) is 5. The fourth-order valence-corrected chi connectivity index (χ4v) is 5.41. The molecule has 2 aliphatic heterocycles. The van der Waals surface area contributed by atoms with Gasteiger partial charge in [0.1, 0.15) is 5.60 Å². The summed E-state index contributed by atoms with van der Waals surface area (Å²) in [7, 11) is 2.17. The van der Waals surface area contributed by atoms with E-state index >= 15 is 0 Å². The van der Waals surface area contributed by atoms with Gasteiger partial charge in [-0.15, -0.1) is 24.8 Å². The number of ether oxygens (including phenoxy) is 2. The summed E-state index contributed by atoms with van der Waals surface area (Å²) in [6.07, 6.45) is 4.15. The normalized spacial score (nSPS) is 27.6. The molecule has 0 radical (unpaired) electrons. The topological polar surface area (TPSA) is 42.0 Å². The van der Waals surface area contributed by atoms with Crippen LogP contribution in [0.15, 0.2) is 66.7 Å². The van der Waals surface area contributed by atoms with Crippen molar-refractivity contribution >= 4 is 36.9 Å². The molecule has 2 aromatic rings. The first-order valence-electron chi connectivity index (χ1n) is 11.9. The minimum Gasteiger partial charge on any atom is -0.450 e. The molecule has 3 unspecified atom stereocenters. The number of rotatable bonds is 6. The maximum absolute atomic E-state index is 13.3. The van der Waals surface area contributed by atoms with Gasteiger partial charge in [0, 0.05) is 50.1 Å². The first-order chi connectivity index (χ1) is 15.9. The Balaban J connectivity index is 0.00000216. The lowest BCUT2D eigenvalue weighted by molar-refractivity contribution is -0.198. The largest absolute Gasteiger partial charge is 0.450 e. The third-order valence-corrected chi connectivity index (χ3v) is 7.31. The highest BCUT2D eigenvalue weighted by Crippen LogP contribution is 2.51. The molecule has 2 aromatic carbocycles. The van der Waals surface area contributed by atoms with E-state index in [9.17, 15) is 4.79 Å². The second kappa shape index (κ2) is 12.9. The van der Waals surface area contributed by atoms with Gasteiger partial charge < -0.3 is 14.4 Å². The van der Waals surface area contributed by atoms with Crippen molar-refractivity contribution in [3.05, 3.63) is 77.9 Å². The van der Waals surface area contributed by atoms with E-state index in [1.165, 1.54) is 0 Å². The van der Waals surface area contributed by atoms with Crippen LogP contribution in [-0.4, -0.2) is 68.3 Å². The predicted molar refractivity (Wildman–Crippen MR) is 146 cm³/mol. The molecule has 2 aliphatic rings. The molecule has 3 atom stereocenters. The first kappa shape index (κ1) is 29.3. The number of piperidine rings is 1. The molecule has 0 amide bonds. The van der Waals surface area contributed by atoms with E-state index in [2.05, 4.69) is 42.8 Å². The van der Waals surface area contributed by atoms with Crippen LogP contribution in [0.25, 0.3) is 6.08 Å². The molecule has 2 fully saturated rings. The fourth-order valence-electron chi connectivity index (χ4n) is 5.41. The average Bonchev–Trinajstić information content (AvgIpc) is 2.83. The second-order valence-corrected chi connectivity index (χ2v) is 9.78. The summed E-state index contributed by atoms with van der Waals surface area (Å²) < 4.78 is 12.1. The summed E-state index contributed by atoms with van der Waals surface area (Å²) in [6.45, 7) is 9.50. The van der Waals surface area contributed by atoms with Gasteiger partial charge in [-0.2, -0.15) is 0 Å². The lowest BCUT2D eigenvalue weighted by atomic mass is 9.63. The van der Waals surface area contributed by atoms with Crippen LogP contribution in [0.4, 0.5) is 0 Å². The van der Waals surface area contributed by atoms with Gasteiger partial charge in [0.25, 0.3) is 0 Å². The van der Waals surface area contributed by atoms with E-state index in [1.807, 2.05) is 54.6 Å². The molecule has 0 aromatic heterocycles. The van der Waals surface area contributed by atoms with Crippen molar-refractivity contribution in [2.45, 2.75) is 31.9 Å². The number of benzene rings is 2. The molecule has 2 heterocycles. The molecule has 0 bridgehead atoms. The molecule has 192 valence electrons. The third kappa shape index (κ3) is 6.66. The van der Waals surface area contributed by atoms with Gasteiger partial charge in [0.05, 0.1) is 13.2 Å². The quantitative estimate of drug-likeness (QED) is 0.394. The lowest BCUT2D eigenvalue weighted by Gasteiger charge is -2.57. The van der Waals surface area contributed by atoms with Gasteiger partial charge in [-0.05, 0) is 31.2 Å². The molecular weight excluding hydrogens is 483 g/mol. The predicted octanol–water partition coefficient (Wildman–Crippen LogP) is 5.04. The Hall–Kier alpha value is -1.89. The van der Waals surface area contributed by atoms with Crippen molar-refractivity contribution in [3.63, 3.8) is 0 Å². The summed E-state index contributed by atoms with van der Waals surface area (Å²) in [5.41, 5.74) is 1.04. The number of nitrogens with zero attached hydrogens (tertiary/aromatic N) is 2. The molecule has 0 N–H and O–H groups in total. The molecule has 5 nitrogen and oxygen atoms in total. The van der Waals surface area contributed by atoms with Crippen LogP contribution in [0, 0.1) is 5.41 Å². The van der Waals surface area contributed by atoms with E-state index in [1.54, 1.807) is 6.08 Å². The number of halogens is 2. The standard InChI is InChI=1S/C28H36N2O3.2ClH/c1-23-20-28(25-12-8-5-9-13-25,33-26(31)15-14-24-10-6-4-7-11-24)27(2,21-29(23)3)22-30-16-18-32-19-17-30;;/h4-15,23H,16-22H2,1-3H3;2*1H/b15-14+;;. The number of likely N-dealkylation sites (tertiary alicyclic amines) is 1. The third-order valence-electron chi connectivity index (χ3n) is 7.31. The van der Waals surface area contributed by atoms with Crippen molar-refractivity contribution in [1.82, 2.24) is 9.80 Å². The van der Waals surface area contributed by atoms with Crippen molar-refractivity contribution in [2.75, 3.05) is 46.4 Å². The highest BCUT2D eigenvalue weighted by atomic mass is 35.5. The fraction of sp³-hybridized carbons (Fsp3) is 0.464. The van der Waals surface area contributed by atoms with Crippen LogP contribution in [-0.2, 0) is 19.9 Å². The van der Waals surface area contributed by atoms with Crippen LogP contribution < -0.4 is 0 Å². The first-order valence-corrected chi connectivity index (χ1v) is 11.9. The SMILES string of the molecule is CC1CC(OC(=O)/C=C/c2ccccc2)(c2ccccc2)C(C)(CN2CCOCC2)CN1C.Cl.Cl. The highest BCUT2D eigenvalue weighted by Gasteiger charge is 2.57. The van der Waals surface area contributed by atoms with Crippen LogP contribution in [0.3, 0.4) is 0 Å². The minimum atomic E-state index is -0.726. The van der Waals surface area contributed by atoms with Gasteiger partial charge in [0.2, 0.25) is 0 Å². The van der Waals surface area contributed by atoms with Crippen molar-refractivity contribution < 1.29 is 14.3 Å². The minimum absolute atomic E-state index is 0. The van der Waals surface area contributed by atoms with E-state index < -0.39 is 5.60 Å². The number of hydrogen-bond donors (Lipinski definition) is 0. The maximum Gasteiger partial charge on any atom is 0.331 e. The Bertz CT molecular complexity index is 953. The highest BCUT2D eigenvalue weighted by molar-refractivity contribution is 5.87. The Morgan fingerprint density at radius 2 is 1.66 bits per heavy atom. The molecule has 0 saturated carbocycles. The number of esters is 1. The number of carbonyl (C=O) groups is 1. The van der Waals surface area contributed by atoms with E-state index in [0.717, 1.165) is 56.9 Å². The van der Waals surface area contributed by atoms with Crippen LogP contribution >= 0.6 is 24.8 Å². The van der Waals surface area contributed by atoms with Gasteiger partial charge in [0.15, 0.2) is 0 Å². The molecule has 4 rings (SSSR count). The molecular formula is C28H38Cl2N2O3. The van der Waals surface area contributed by atoms with Gasteiger partial charge >= 0.3 is 5.97 Å². The summed E-state index contributed by atoms with van der Waals surface area (Å²) in [5, 5.41) is 0. The molecule has 0 aliphatic carbocycles. The molecule has 35 heavy (non-hydrogen) atoms. The van der Waals surface area contributed by atoms with Crippen LogP contribution in [0.5, 0.6) is 0 Å². The van der Waals surface area contributed by atoms with Crippen LogP contribution in [0.2, 0.25) is 0 Å². The van der Waals surface area contributed by atoms with Gasteiger partial charge in [-0.1, -0.05) is 67.6 Å². The molecule has 7 heteroatoms. The van der Waals surface area contributed by atoms with Crippen molar-refractivity contribution in [3.8, 4) is 0 Å². The summed E-state index contributed by atoms with van der Waals surface area (Å²) in [5.74, 6) is -0.298. The zero-order chi connectivity index (χ0) is 23.3. The smallest absolute Gasteiger partial charge is 0.331 e. The summed E-state index contributed by atoms with van der Waals surface area (Å²) in [4.78, 5) is 18.1. The van der Waals surface area contributed by atoms with Crippen molar-refractivity contribution in [1.29, 1.82) is 0 Å². The zero-order valence-electron chi connectivity index (χ0n) is 20.9. The summed E-state index contributed by atoms with van der Waals surface area (Å²) in [6, 6.07) is 20.5. The van der Waals surface area contributed by atoms with E-state index in [0.29, 0.717) is 0 Å². The molecule has 0 spiro atoms. The summed E-state index contributed by atoms with van der Waals surface area (Å²) >= 11 is 0. The second-order valence-electron chi connectivity index (χ2n) is 9.78. The van der Waals surface area contributed by atoms with Crippen LogP contribution in [0.1, 0.15) is 31.4 Å². The van der Waals surface area contributed by atoms with Gasteiger partial charge in [-0.25, -0.2) is 4.79 Å². The lowest BCUT2D eigenvalue weighted by Crippen LogP contribution is -2.64. The van der Waals surface area contributed by atoms with E-state index in [4.69, 9.17) is 9.47 Å². The monoisotopic (exact) mass is 520 g/mol. The maximum atomic E-state index is 13.3. The number of morpholine rings is 1.